The van der Waals surface area contributed by atoms with E-state index in [2.05, 4.69) is 25.9 Å². The molecule has 110 valence electrons. The van der Waals surface area contributed by atoms with Gasteiger partial charge in [0.1, 0.15) is 6.10 Å². The second-order valence-electron chi connectivity index (χ2n) is 4.90. The van der Waals surface area contributed by atoms with Crippen molar-refractivity contribution in [3.05, 3.63) is 37.2 Å². The first-order valence-corrected chi connectivity index (χ1v) is 8.24. The molecule has 0 saturated carbocycles. The third-order valence-electron chi connectivity index (χ3n) is 3.02. The highest BCUT2D eigenvalue weighted by atomic mass is 79.9. The minimum atomic E-state index is -0.764. The molecule has 2 rings (SSSR count). The number of hydrogen-bond donors (Lipinski definition) is 1. The van der Waals surface area contributed by atoms with E-state index in [0.29, 0.717) is 11.6 Å². The van der Waals surface area contributed by atoms with Crippen LogP contribution in [0.3, 0.4) is 0 Å². The van der Waals surface area contributed by atoms with Gasteiger partial charge in [-0.15, -0.1) is 11.3 Å². The molecule has 0 aliphatic rings. The molecule has 2 aromatic heterocycles. The van der Waals surface area contributed by atoms with Crippen LogP contribution in [-0.2, 0) is 6.54 Å². The maximum atomic E-state index is 10.6. The molecule has 0 bridgehead atoms. The fourth-order valence-corrected chi connectivity index (χ4v) is 3.67. The van der Waals surface area contributed by atoms with Gasteiger partial charge in [0.15, 0.2) is 0 Å². The molecule has 4 nitrogen and oxygen atoms in total. The van der Waals surface area contributed by atoms with Gasteiger partial charge in [0.05, 0.1) is 32.8 Å². The second kappa shape index (κ2) is 6.58. The van der Waals surface area contributed by atoms with Crippen molar-refractivity contribution >= 4 is 38.9 Å². The summed E-state index contributed by atoms with van der Waals surface area (Å²) in [6.07, 6.45) is 0.947. The van der Waals surface area contributed by atoms with Crippen LogP contribution in [0, 0.1) is 6.92 Å². The Labute approximate surface area is 136 Å². The SMILES string of the molecule is Cc1csc(C(O)c2c(Br)cnn2CCN(C)C)c1Cl. The number of hydrogen-bond acceptors (Lipinski definition) is 4. The number of halogens is 2. The molecule has 0 spiro atoms. The maximum absolute atomic E-state index is 10.6. The highest BCUT2D eigenvalue weighted by Gasteiger charge is 2.23. The lowest BCUT2D eigenvalue weighted by Gasteiger charge is -2.15. The van der Waals surface area contributed by atoms with Gasteiger partial charge in [-0.25, -0.2) is 0 Å². The molecule has 0 aliphatic carbocycles. The van der Waals surface area contributed by atoms with E-state index < -0.39 is 6.10 Å². The van der Waals surface area contributed by atoms with Crippen LogP contribution >= 0.6 is 38.9 Å². The van der Waals surface area contributed by atoms with Crippen molar-refractivity contribution in [3.8, 4) is 0 Å². The summed E-state index contributed by atoms with van der Waals surface area (Å²) in [6, 6.07) is 0. The van der Waals surface area contributed by atoms with Crippen molar-refractivity contribution in [2.75, 3.05) is 20.6 Å². The van der Waals surface area contributed by atoms with E-state index in [0.717, 1.165) is 27.2 Å². The topological polar surface area (TPSA) is 41.3 Å². The van der Waals surface area contributed by atoms with E-state index in [1.165, 1.54) is 11.3 Å². The summed E-state index contributed by atoms with van der Waals surface area (Å²) < 4.78 is 2.62. The minimum Gasteiger partial charge on any atom is -0.381 e. The van der Waals surface area contributed by atoms with Gasteiger partial charge in [-0.2, -0.15) is 5.10 Å². The van der Waals surface area contributed by atoms with Gasteiger partial charge in [0.2, 0.25) is 0 Å². The minimum absolute atomic E-state index is 0.634. The van der Waals surface area contributed by atoms with Crippen LogP contribution in [0.1, 0.15) is 22.2 Å². The van der Waals surface area contributed by atoms with Crippen molar-refractivity contribution < 1.29 is 5.11 Å². The summed E-state index contributed by atoms with van der Waals surface area (Å²) in [6.45, 7) is 3.51. The number of aliphatic hydroxyl groups excluding tert-OH is 1. The van der Waals surface area contributed by atoms with Gasteiger partial charge in [0.25, 0.3) is 0 Å². The molecule has 0 radical (unpaired) electrons. The van der Waals surface area contributed by atoms with Crippen molar-refractivity contribution in [2.45, 2.75) is 19.6 Å². The van der Waals surface area contributed by atoms with E-state index in [1.807, 2.05) is 31.1 Å². The molecule has 2 aromatic rings. The van der Waals surface area contributed by atoms with Crippen LogP contribution in [0.4, 0.5) is 0 Å². The molecular weight excluding hydrogens is 362 g/mol. The number of aliphatic hydroxyl groups is 1. The summed E-state index contributed by atoms with van der Waals surface area (Å²) >= 11 is 11.2. The number of rotatable bonds is 5. The van der Waals surface area contributed by atoms with Gasteiger partial charge >= 0.3 is 0 Å². The fourth-order valence-electron chi connectivity index (χ4n) is 1.88. The molecule has 20 heavy (non-hydrogen) atoms. The number of aromatic nitrogens is 2. The highest BCUT2D eigenvalue weighted by Crippen LogP contribution is 2.37. The molecule has 2 heterocycles. The van der Waals surface area contributed by atoms with Crippen molar-refractivity contribution in [3.63, 3.8) is 0 Å². The van der Waals surface area contributed by atoms with Crippen molar-refractivity contribution in [1.82, 2.24) is 14.7 Å². The quantitative estimate of drug-likeness (QED) is 0.868. The zero-order valence-electron chi connectivity index (χ0n) is 11.6. The highest BCUT2D eigenvalue weighted by molar-refractivity contribution is 9.10. The fraction of sp³-hybridized carbons (Fsp3) is 0.462. The summed E-state index contributed by atoms with van der Waals surface area (Å²) in [5, 5.41) is 17.5. The first-order chi connectivity index (χ1) is 9.41. The molecule has 0 aliphatic heterocycles. The Balaban J connectivity index is 2.31. The van der Waals surface area contributed by atoms with Crippen LogP contribution in [0.25, 0.3) is 0 Å². The Bertz CT molecular complexity index is 596. The third-order valence-corrected chi connectivity index (χ3v) is 5.40. The second-order valence-corrected chi connectivity index (χ2v) is 7.05. The van der Waals surface area contributed by atoms with Crippen LogP contribution in [0.5, 0.6) is 0 Å². The number of aryl methyl sites for hydroxylation is 1. The number of nitrogens with zero attached hydrogens (tertiary/aromatic N) is 3. The molecule has 0 saturated heterocycles. The van der Waals surface area contributed by atoms with Gasteiger partial charge < -0.3 is 10.0 Å². The predicted octanol–water partition coefficient (Wildman–Crippen LogP) is 3.31. The lowest BCUT2D eigenvalue weighted by Crippen LogP contribution is -2.21. The largest absolute Gasteiger partial charge is 0.381 e. The molecule has 0 amide bonds. The number of thiophene rings is 1. The van der Waals surface area contributed by atoms with Gasteiger partial charge in [0, 0.05) is 6.54 Å². The lowest BCUT2D eigenvalue weighted by atomic mass is 10.2. The third kappa shape index (κ3) is 3.26. The molecule has 1 unspecified atom stereocenters. The Morgan fingerprint density at radius 1 is 1.55 bits per heavy atom. The van der Waals surface area contributed by atoms with E-state index >= 15 is 0 Å². The normalized spacial score (nSPS) is 13.2. The first kappa shape index (κ1) is 16.0. The molecule has 7 heteroatoms. The van der Waals surface area contributed by atoms with E-state index in [9.17, 15) is 5.11 Å². The summed E-state index contributed by atoms with van der Waals surface area (Å²) in [4.78, 5) is 2.84. The van der Waals surface area contributed by atoms with Crippen LogP contribution in [-0.4, -0.2) is 40.4 Å². The zero-order valence-corrected chi connectivity index (χ0v) is 14.8. The Hall–Kier alpha value is -0.400. The van der Waals surface area contributed by atoms with E-state index in [-0.39, 0.29) is 0 Å². The monoisotopic (exact) mass is 377 g/mol. The Kier molecular flexibility index (Phi) is 5.25. The Morgan fingerprint density at radius 2 is 2.25 bits per heavy atom. The van der Waals surface area contributed by atoms with Crippen molar-refractivity contribution in [1.29, 1.82) is 0 Å². The summed E-state index contributed by atoms with van der Waals surface area (Å²) in [5.74, 6) is 0. The average Bonchev–Trinajstić information content (AvgIpc) is 2.91. The van der Waals surface area contributed by atoms with E-state index in [4.69, 9.17) is 11.6 Å². The maximum Gasteiger partial charge on any atom is 0.132 e. The molecular formula is C13H17BrClN3OS. The first-order valence-electron chi connectivity index (χ1n) is 6.19. The zero-order chi connectivity index (χ0) is 14.9. The van der Waals surface area contributed by atoms with Crippen LogP contribution in [0.15, 0.2) is 16.0 Å². The van der Waals surface area contributed by atoms with E-state index in [1.54, 1.807) is 6.20 Å². The summed E-state index contributed by atoms with van der Waals surface area (Å²) in [7, 11) is 4.02. The van der Waals surface area contributed by atoms with Gasteiger partial charge in [-0.05, 0) is 47.9 Å². The predicted molar refractivity (Wildman–Crippen MR) is 86.6 cm³/mol. The van der Waals surface area contributed by atoms with Gasteiger partial charge in [-0.1, -0.05) is 11.6 Å². The van der Waals surface area contributed by atoms with Crippen molar-refractivity contribution in [2.24, 2.45) is 0 Å². The van der Waals surface area contributed by atoms with Gasteiger partial charge in [-0.3, -0.25) is 4.68 Å². The smallest absolute Gasteiger partial charge is 0.132 e. The Morgan fingerprint density at radius 3 is 2.80 bits per heavy atom. The lowest BCUT2D eigenvalue weighted by molar-refractivity contribution is 0.208. The molecule has 1 atom stereocenters. The standard InChI is InChI=1S/C13H17BrClN3OS/c1-8-7-20-13(10(8)15)12(19)11-9(14)6-16-18(11)5-4-17(2)3/h6-7,12,19H,4-5H2,1-3H3. The molecule has 1 N–H and O–H groups in total. The average molecular weight is 379 g/mol. The number of likely N-dealkylation sites (N-methyl/N-ethyl adjacent to an activating group) is 1. The molecule has 0 fully saturated rings. The van der Waals surface area contributed by atoms with Crippen LogP contribution in [0.2, 0.25) is 5.02 Å². The van der Waals surface area contributed by atoms with Crippen LogP contribution < -0.4 is 0 Å². The molecule has 0 aromatic carbocycles. The summed E-state index contributed by atoms with van der Waals surface area (Å²) in [5.41, 5.74) is 1.73.